The molecule has 0 spiro atoms. The third-order valence-electron chi connectivity index (χ3n) is 15.2. The summed E-state index contributed by atoms with van der Waals surface area (Å²) in [6, 6.07) is 49.6. The molecular formula is C68H69N3O6. The normalized spacial score (nSPS) is 18.0. The molecule has 9 nitrogen and oxygen atoms in total. The van der Waals surface area contributed by atoms with Crippen LogP contribution >= 0.6 is 0 Å². The number of nitrogens with zero attached hydrogens (tertiary/aromatic N) is 3. The highest BCUT2D eigenvalue weighted by molar-refractivity contribution is 5.83. The molecule has 0 saturated carbocycles. The maximum absolute atomic E-state index is 5.73. The molecule has 6 aromatic carbocycles. The summed E-state index contributed by atoms with van der Waals surface area (Å²) in [6.45, 7) is 4.48. The molecule has 4 aliphatic carbocycles. The third-order valence-corrected chi connectivity index (χ3v) is 15.2. The smallest absolute Gasteiger partial charge is 0.119 e. The second-order valence-corrected chi connectivity index (χ2v) is 19.9. The molecule has 6 aromatic rings. The molecular weight excluding hydrogens is 955 g/mol. The number of ether oxygens (including phenoxy) is 6. The molecule has 0 heterocycles. The van der Waals surface area contributed by atoms with Gasteiger partial charge in [-0.2, -0.15) is 0 Å². The van der Waals surface area contributed by atoms with E-state index in [2.05, 4.69) is 174 Å². The Morgan fingerprint density at radius 2 is 0.818 bits per heavy atom. The van der Waals surface area contributed by atoms with Crippen molar-refractivity contribution in [3.05, 3.63) is 234 Å². The van der Waals surface area contributed by atoms with Crippen LogP contribution in [-0.2, 0) is 9.47 Å². The molecule has 0 fully saturated rings. The summed E-state index contributed by atoms with van der Waals surface area (Å²) in [5.41, 5.74) is 16.4. The minimum atomic E-state index is 0.112. The van der Waals surface area contributed by atoms with Crippen molar-refractivity contribution in [1.29, 1.82) is 0 Å². The topological polar surface area (TPSA) is 65.1 Å². The first kappa shape index (κ1) is 51.9. The van der Waals surface area contributed by atoms with Crippen molar-refractivity contribution in [1.82, 2.24) is 0 Å². The molecule has 0 N–H and O–H groups in total. The van der Waals surface area contributed by atoms with E-state index in [1.165, 1.54) is 44.9 Å². The highest BCUT2D eigenvalue weighted by Crippen LogP contribution is 2.43. The van der Waals surface area contributed by atoms with Gasteiger partial charge < -0.3 is 43.1 Å². The fraction of sp³-hybridized carbons (Fsp3) is 0.235. The van der Waals surface area contributed by atoms with Crippen molar-refractivity contribution in [3.63, 3.8) is 0 Å². The quantitative estimate of drug-likeness (QED) is 0.0837. The van der Waals surface area contributed by atoms with Crippen molar-refractivity contribution in [2.24, 2.45) is 11.8 Å². The van der Waals surface area contributed by atoms with E-state index in [9.17, 15) is 0 Å². The summed E-state index contributed by atoms with van der Waals surface area (Å²) in [4.78, 5) is 7.18. The Labute approximate surface area is 455 Å². The Hall–Kier alpha value is -8.56. The molecule has 0 radical (unpaired) electrons. The van der Waals surface area contributed by atoms with Crippen LogP contribution in [0.15, 0.2) is 223 Å². The van der Waals surface area contributed by atoms with Gasteiger partial charge in [0.25, 0.3) is 0 Å². The van der Waals surface area contributed by atoms with Crippen molar-refractivity contribution >= 4 is 39.6 Å². The number of hydrogen-bond donors (Lipinski definition) is 0. The Morgan fingerprint density at radius 1 is 0.390 bits per heavy atom. The molecule has 0 aliphatic heterocycles. The first-order chi connectivity index (χ1) is 37.7. The van der Waals surface area contributed by atoms with Crippen LogP contribution in [-0.4, -0.2) is 48.7 Å². The lowest BCUT2D eigenvalue weighted by molar-refractivity contribution is 0.244. The van der Waals surface area contributed by atoms with Gasteiger partial charge in [-0.1, -0.05) is 44.2 Å². The summed E-state index contributed by atoms with van der Waals surface area (Å²) < 4.78 is 33.6. The summed E-state index contributed by atoms with van der Waals surface area (Å²) in [6.07, 6.45) is 24.5. The molecule has 0 amide bonds. The van der Waals surface area contributed by atoms with E-state index < -0.39 is 0 Å². The van der Waals surface area contributed by atoms with Crippen molar-refractivity contribution < 1.29 is 28.4 Å². The standard InChI is InChI=1S/C68H69N3O6/c1-46-42-66(76-7)38-39-67(46)71(60-27-36-65(75-6)37-28-60)59-19-13-50(14-20-59)53-44-51(48-9-15-54(16-10-48)69(56-21-30-62(72-3)31-22-56)57-23-32-63(73-4)33-24-57)43-52(45-53)49-11-17-55(18-12-49)70(58-25-34-64(74-5)35-26-58)61-29-40-68(77-8)47(2)41-61/h9,11-13,15,17-19,21-40,42-47,67H,10,14,16,20,41H2,1-8H3. The number of benzene rings is 6. The Kier molecular flexibility index (Phi) is 15.9. The zero-order valence-corrected chi connectivity index (χ0v) is 45.5. The molecule has 9 heteroatoms. The number of allylic oxidation sites excluding steroid dienone is 13. The van der Waals surface area contributed by atoms with Gasteiger partial charge >= 0.3 is 0 Å². The van der Waals surface area contributed by atoms with Crippen LogP contribution in [0.3, 0.4) is 0 Å². The summed E-state index contributed by atoms with van der Waals surface area (Å²) in [7, 11) is 10.3. The largest absolute Gasteiger partial charge is 0.501 e. The minimum absolute atomic E-state index is 0.112. The molecule has 3 atom stereocenters. The predicted octanol–water partition coefficient (Wildman–Crippen LogP) is 16.6. The molecule has 4 aliphatic rings. The summed E-state index contributed by atoms with van der Waals surface area (Å²) in [5.74, 6) is 5.65. The lowest BCUT2D eigenvalue weighted by Crippen LogP contribution is -2.39. The van der Waals surface area contributed by atoms with E-state index in [0.29, 0.717) is 0 Å². The fourth-order valence-corrected chi connectivity index (χ4v) is 11.0. The van der Waals surface area contributed by atoms with Crippen molar-refractivity contribution in [2.45, 2.75) is 52.0 Å². The molecule has 0 aromatic heterocycles. The van der Waals surface area contributed by atoms with E-state index in [4.69, 9.17) is 28.4 Å². The van der Waals surface area contributed by atoms with Crippen LogP contribution in [0, 0.1) is 11.8 Å². The maximum Gasteiger partial charge on any atom is 0.119 e. The third kappa shape index (κ3) is 11.4. The van der Waals surface area contributed by atoms with Gasteiger partial charge in [0, 0.05) is 57.4 Å². The average Bonchev–Trinajstić information content (AvgIpc) is 3.50. The Bertz CT molecular complexity index is 3260. The van der Waals surface area contributed by atoms with E-state index in [1.807, 2.05) is 48.5 Å². The Balaban J connectivity index is 1.05. The second kappa shape index (κ2) is 23.5. The highest BCUT2D eigenvalue weighted by Gasteiger charge is 2.29. The molecule has 0 saturated heterocycles. The van der Waals surface area contributed by atoms with Gasteiger partial charge in [-0.15, -0.1) is 0 Å². The monoisotopic (exact) mass is 1020 g/mol. The first-order valence-electron chi connectivity index (χ1n) is 26.6. The SMILES string of the molecule is COC1=CC(C)C(N(C2=CC=C(c3cc(C4=CC=C(N(c5ccc(OC)cc5)c5ccc(OC)cc5)CC4)cc(-c4ccc(N(C5=CC=C(OC)C(C)C5)c5ccc(OC)cc5)cc4)c3)CC2)c2ccc(OC)cc2)C=C1. The highest BCUT2D eigenvalue weighted by atomic mass is 16.5. The van der Waals surface area contributed by atoms with Crippen LogP contribution in [0.5, 0.6) is 23.0 Å². The van der Waals surface area contributed by atoms with E-state index in [-0.39, 0.29) is 17.9 Å². The molecule has 392 valence electrons. The number of hydrogen-bond acceptors (Lipinski definition) is 9. The zero-order valence-electron chi connectivity index (χ0n) is 45.5. The lowest BCUT2D eigenvalue weighted by atomic mass is 9.87. The van der Waals surface area contributed by atoms with Crippen LogP contribution in [0.2, 0.25) is 0 Å². The number of anilines is 5. The van der Waals surface area contributed by atoms with Crippen molar-refractivity contribution in [3.8, 4) is 34.1 Å². The van der Waals surface area contributed by atoms with Gasteiger partial charge in [0.05, 0.1) is 54.5 Å². The van der Waals surface area contributed by atoms with Crippen LogP contribution in [0.1, 0.15) is 57.1 Å². The zero-order chi connectivity index (χ0) is 53.4. The Morgan fingerprint density at radius 3 is 1.23 bits per heavy atom. The maximum atomic E-state index is 5.73. The van der Waals surface area contributed by atoms with Gasteiger partial charge in [0.2, 0.25) is 0 Å². The molecule has 77 heavy (non-hydrogen) atoms. The number of rotatable bonds is 18. The van der Waals surface area contributed by atoms with E-state index >= 15 is 0 Å². The molecule has 10 rings (SSSR count). The predicted molar refractivity (Wildman–Crippen MR) is 315 cm³/mol. The first-order valence-corrected chi connectivity index (χ1v) is 26.6. The van der Waals surface area contributed by atoms with Gasteiger partial charge in [0.1, 0.15) is 28.8 Å². The van der Waals surface area contributed by atoms with E-state index in [1.54, 1.807) is 42.7 Å². The summed E-state index contributed by atoms with van der Waals surface area (Å²) >= 11 is 0. The lowest BCUT2D eigenvalue weighted by Gasteiger charge is -2.39. The summed E-state index contributed by atoms with van der Waals surface area (Å²) in [5, 5.41) is 0. The van der Waals surface area contributed by atoms with Gasteiger partial charge in [-0.3, -0.25) is 0 Å². The minimum Gasteiger partial charge on any atom is -0.501 e. The van der Waals surface area contributed by atoms with Gasteiger partial charge in [-0.05, 0) is 229 Å². The van der Waals surface area contributed by atoms with Crippen LogP contribution in [0.4, 0.5) is 28.4 Å². The number of methoxy groups -OCH3 is 6. The molecule has 0 bridgehead atoms. The average molecular weight is 1020 g/mol. The van der Waals surface area contributed by atoms with Gasteiger partial charge in [-0.25, -0.2) is 0 Å². The fourth-order valence-electron chi connectivity index (χ4n) is 11.0. The van der Waals surface area contributed by atoms with Gasteiger partial charge in [0.15, 0.2) is 0 Å². The van der Waals surface area contributed by atoms with E-state index in [0.717, 1.165) is 101 Å². The molecule has 3 unspecified atom stereocenters. The van der Waals surface area contributed by atoms with Crippen molar-refractivity contribution in [2.75, 3.05) is 57.4 Å². The van der Waals surface area contributed by atoms with Crippen LogP contribution < -0.4 is 33.6 Å². The van der Waals surface area contributed by atoms with Crippen LogP contribution in [0.25, 0.3) is 22.3 Å². The second-order valence-electron chi connectivity index (χ2n) is 19.9.